The topological polar surface area (TPSA) is 69.7 Å². The van der Waals surface area contributed by atoms with Gasteiger partial charge >= 0.3 is 11.9 Å². The molecule has 0 aliphatic carbocycles. The van der Waals surface area contributed by atoms with E-state index in [0.29, 0.717) is 0 Å². The highest BCUT2D eigenvalue weighted by atomic mass is 16.6. The van der Waals surface area contributed by atoms with Gasteiger partial charge in [0, 0.05) is 0 Å². The van der Waals surface area contributed by atoms with Gasteiger partial charge < -0.3 is 9.47 Å². The lowest BCUT2D eigenvalue weighted by Crippen LogP contribution is -2.20. The predicted octanol–water partition coefficient (Wildman–Crippen LogP) is 0.460. The van der Waals surface area contributed by atoms with Crippen molar-refractivity contribution in [3.8, 4) is 0 Å². The number of Topliss-reactive ketones (excluding diaryl/α,β-unsaturated/α-hetero) is 1. The van der Waals surface area contributed by atoms with E-state index in [-0.39, 0.29) is 18.6 Å². The number of ketones is 1. The molecule has 0 saturated carbocycles. The van der Waals surface area contributed by atoms with Crippen LogP contribution in [0.3, 0.4) is 0 Å². The summed E-state index contributed by atoms with van der Waals surface area (Å²) in [6, 6.07) is 0. The number of hydrogen-bond acceptors (Lipinski definition) is 5. The molecule has 5 nitrogen and oxygen atoms in total. The molecule has 0 aromatic carbocycles. The van der Waals surface area contributed by atoms with E-state index >= 15 is 0 Å². The van der Waals surface area contributed by atoms with Crippen molar-refractivity contribution in [1.82, 2.24) is 0 Å². The van der Waals surface area contributed by atoms with Gasteiger partial charge in [0.1, 0.15) is 18.3 Å². The third-order valence-corrected chi connectivity index (χ3v) is 1.41. The van der Waals surface area contributed by atoms with E-state index in [1.807, 2.05) is 0 Å². The van der Waals surface area contributed by atoms with Crippen LogP contribution in [-0.4, -0.2) is 30.9 Å². The molecule has 0 aromatic rings. The molecular formula is C9H14O5. The van der Waals surface area contributed by atoms with Crippen LogP contribution in [-0.2, 0) is 23.9 Å². The molecule has 0 amide bonds. The van der Waals surface area contributed by atoms with Gasteiger partial charge in [0.25, 0.3) is 0 Å². The zero-order valence-electron chi connectivity index (χ0n) is 8.53. The van der Waals surface area contributed by atoms with Crippen molar-refractivity contribution >= 4 is 17.7 Å². The van der Waals surface area contributed by atoms with E-state index in [2.05, 4.69) is 4.74 Å². The van der Waals surface area contributed by atoms with Crippen LogP contribution in [0.4, 0.5) is 0 Å². The van der Waals surface area contributed by atoms with Gasteiger partial charge in [-0.3, -0.25) is 14.4 Å². The SMILES string of the molecule is COC(=O)C[C@H](C)OC(=O)CC(C)=O. The second kappa shape index (κ2) is 6.12. The molecule has 0 aliphatic rings. The monoisotopic (exact) mass is 202 g/mol. The molecule has 1 atom stereocenters. The lowest BCUT2D eigenvalue weighted by molar-refractivity contribution is -0.153. The molecule has 0 spiro atoms. The molecule has 80 valence electrons. The minimum absolute atomic E-state index is 0.000144. The second-order valence-electron chi connectivity index (χ2n) is 2.96. The van der Waals surface area contributed by atoms with Gasteiger partial charge in [-0.05, 0) is 13.8 Å². The Labute approximate surface area is 82.4 Å². The van der Waals surface area contributed by atoms with Gasteiger partial charge in [0.05, 0.1) is 13.5 Å². The summed E-state index contributed by atoms with van der Waals surface area (Å²) in [6.07, 6.45) is -0.819. The van der Waals surface area contributed by atoms with Crippen LogP contribution in [0.5, 0.6) is 0 Å². The molecule has 0 heterocycles. The number of ether oxygens (including phenoxy) is 2. The summed E-state index contributed by atoms with van der Waals surface area (Å²) in [5, 5.41) is 0. The average Bonchev–Trinajstić information content (AvgIpc) is 2.01. The number of carbonyl (C=O) groups is 3. The zero-order valence-corrected chi connectivity index (χ0v) is 8.53. The minimum atomic E-state index is -0.617. The first-order valence-electron chi connectivity index (χ1n) is 4.21. The van der Waals surface area contributed by atoms with Crippen molar-refractivity contribution in [2.24, 2.45) is 0 Å². The Balaban J connectivity index is 3.82. The average molecular weight is 202 g/mol. The minimum Gasteiger partial charge on any atom is -0.469 e. The smallest absolute Gasteiger partial charge is 0.313 e. The predicted molar refractivity (Wildman–Crippen MR) is 47.5 cm³/mol. The van der Waals surface area contributed by atoms with Gasteiger partial charge in [0.2, 0.25) is 0 Å². The number of hydrogen-bond donors (Lipinski definition) is 0. The standard InChI is InChI=1S/C9H14O5/c1-6(10)4-9(12)14-7(2)5-8(11)13-3/h7H,4-5H2,1-3H3/t7-/m0/s1. The zero-order chi connectivity index (χ0) is 11.1. The molecule has 0 rings (SSSR count). The van der Waals surface area contributed by atoms with E-state index in [1.54, 1.807) is 6.92 Å². The number of esters is 2. The van der Waals surface area contributed by atoms with Crippen molar-refractivity contribution in [2.45, 2.75) is 32.8 Å². The maximum Gasteiger partial charge on any atom is 0.313 e. The summed E-state index contributed by atoms with van der Waals surface area (Å²) in [5.41, 5.74) is 0. The van der Waals surface area contributed by atoms with Gasteiger partial charge in [-0.1, -0.05) is 0 Å². The Bertz CT molecular complexity index is 233. The van der Waals surface area contributed by atoms with Crippen LogP contribution < -0.4 is 0 Å². The molecule has 5 heteroatoms. The molecule has 0 unspecified atom stereocenters. The Morgan fingerprint density at radius 3 is 2.21 bits per heavy atom. The van der Waals surface area contributed by atoms with Gasteiger partial charge in [-0.15, -0.1) is 0 Å². The summed E-state index contributed by atoms with van der Waals surface area (Å²) in [7, 11) is 1.26. The molecule has 0 N–H and O–H groups in total. The van der Waals surface area contributed by atoms with E-state index in [4.69, 9.17) is 4.74 Å². The Morgan fingerprint density at radius 1 is 1.21 bits per heavy atom. The molecule has 0 saturated heterocycles. The first kappa shape index (κ1) is 12.6. The van der Waals surface area contributed by atoms with Crippen molar-refractivity contribution in [3.63, 3.8) is 0 Å². The third-order valence-electron chi connectivity index (χ3n) is 1.41. The largest absolute Gasteiger partial charge is 0.469 e. The number of methoxy groups -OCH3 is 1. The molecule has 14 heavy (non-hydrogen) atoms. The van der Waals surface area contributed by atoms with E-state index in [0.717, 1.165) is 0 Å². The molecule has 0 bridgehead atoms. The highest BCUT2D eigenvalue weighted by molar-refractivity contribution is 5.94. The number of carbonyl (C=O) groups excluding carboxylic acids is 3. The van der Waals surface area contributed by atoms with E-state index < -0.39 is 18.0 Å². The first-order valence-corrected chi connectivity index (χ1v) is 4.21. The van der Waals surface area contributed by atoms with Crippen LogP contribution in [0.15, 0.2) is 0 Å². The quantitative estimate of drug-likeness (QED) is 0.478. The van der Waals surface area contributed by atoms with Crippen molar-refractivity contribution < 1.29 is 23.9 Å². The lowest BCUT2D eigenvalue weighted by atomic mass is 10.3. The molecular weight excluding hydrogens is 188 g/mol. The van der Waals surface area contributed by atoms with E-state index in [1.165, 1.54) is 14.0 Å². The van der Waals surface area contributed by atoms with Crippen molar-refractivity contribution in [1.29, 1.82) is 0 Å². The fourth-order valence-corrected chi connectivity index (χ4v) is 0.829. The van der Waals surface area contributed by atoms with Crippen LogP contribution in [0.25, 0.3) is 0 Å². The fourth-order valence-electron chi connectivity index (χ4n) is 0.829. The summed E-state index contributed by atoms with van der Waals surface area (Å²) >= 11 is 0. The summed E-state index contributed by atoms with van der Waals surface area (Å²) in [5.74, 6) is -1.33. The highest BCUT2D eigenvalue weighted by Crippen LogP contribution is 2.01. The number of rotatable bonds is 5. The van der Waals surface area contributed by atoms with Crippen molar-refractivity contribution in [3.05, 3.63) is 0 Å². The molecule has 0 radical (unpaired) electrons. The summed E-state index contributed by atoms with van der Waals surface area (Å²) in [6.45, 7) is 2.86. The fraction of sp³-hybridized carbons (Fsp3) is 0.667. The highest BCUT2D eigenvalue weighted by Gasteiger charge is 2.14. The maximum atomic E-state index is 10.9. The van der Waals surface area contributed by atoms with Crippen LogP contribution in [0.1, 0.15) is 26.7 Å². The molecule has 0 aromatic heterocycles. The summed E-state index contributed by atoms with van der Waals surface area (Å²) in [4.78, 5) is 32.2. The van der Waals surface area contributed by atoms with Gasteiger partial charge in [-0.2, -0.15) is 0 Å². The van der Waals surface area contributed by atoms with Crippen LogP contribution in [0.2, 0.25) is 0 Å². The van der Waals surface area contributed by atoms with Crippen LogP contribution >= 0.6 is 0 Å². The van der Waals surface area contributed by atoms with Crippen molar-refractivity contribution in [2.75, 3.05) is 7.11 Å². The third kappa shape index (κ3) is 6.16. The first-order chi connectivity index (χ1) is 6.45. The molecule has 0 fully saturated rings. The normalized spacial score (nSPS) is 11.6. The Hall–Kier alpha value is -1.39. The van der Waals surface area contributed by atoms with E-state index in [9.17, 15) is 14.4 Å². The van der Waals surface area contributed by atoms with Crippen LogP contribution in [0, 0.1) is 0 Å². The van der Waals surface area contributed by atoms with Gasteiger partial charge in [0.15, 0.2) is 0 Å². The Morgan fingerprint density at radius 2 is 1.79 bits per heavy atom. The Kier molecular flexibility index (Phi) is 5.52. The second-order valence-corrected chi connectivity index (χ2v) is 2.96. The summed E-state index contributed by atoms with van der Waals surface area (Å²) < 4.78 is 9.16. The lowest BCUT2D eigenvalue weighted by Gasteiger charge is -2.10. The molecule has 0 aliphatic heterocycles. The van der Waals surface area contributed by atoms with Gasteiger partial charge in [-0.25, -0.2) is 0 Å². The maximum absolute atomic E-state index is 10.9.